The van der Waals surface area contributed by atoms with E-state index in [0.717, 1.165) is 19.3 Å². The maximum Gasteiger partial charge on any atom is 0.254 e. The molecular formula is C13H16F2N2O3S. The van der Waals surface area contributed by atoms with Crippen LogP contribution in [0, 0.1) is 17.0 Å². The lowest BCUT2D eigenvalue weighted by Gasteiger charge is -2.14. The molecule has 0 atom stereocenters. The van der Waals surface area contributed by atoms with Crippen LogP contribution >= 0.6 is 0 Å². The smallest absolute Gasteiger partial charge is 0.254 e. The lowest BCUT2D eigenvalue weighted by Crippen LogP contribution is -2.31. The van der Waals surface area contributed by atoms with Crippen molar-refractivity contribution in [2.24, 2.45) is 10.6 Å². The van der Waals surface area contributed by atoms with Gasteiger partial charge in [-0.15, -0.1) is 0 Å². The Labute approximate surface area is 121 Å². The minimum absolute atomic E-state index is 0.0300. The molecule has 1 aliphatic carbocycles. The average molecular weight is 318 g/mol. The van der Waals surface area contributed by atoms with E-state index in [0.29, 0.717) is 18.7 Å². The molecule has 21 heavy (non-hydrogen) atoms. The van der Waals surface area contributed by atoms with Crippen molar-refractivity contribution in [1.82, 2.24) is 5.32 Å². The van der Waals surface area contributed by atoms with Gasteiger partial charge < -0.3 is 5.32 Å². The number of hydrogen-bond donors (Lipinski definition) is 2. The molecular weight excluding hydrogens is 302 g/mol. The van der Waals surface area contributed by atoms with Crippen LogP contribution in [0.1, 0.15) is 36.5 Å². The zero-order valence-corrected chi connectivity index (χ0v) is 12.3. The second-order valence-electron chi connectivity index (χ2n) is 5.35. The fourth-order valence-corrected chi connectivity index (χ4v) is 2.77. The maximum absolute atomic E-state index is 14.0. The quantitative estimate of drug-likeness (QED) is 0.863. The van der Waals surface area contributed by atoms with Crippen molar-refractivity contribution in [3.05, 3.63) is 29.3 Å². The van der Waals surface area contributed by atoms with E-state index in [1.807, 2.05) is 6.92 Å². The first kappa shape index (κ1) is 15.8. The summed E-state index contributed by atoms with van der Waals surface area (Å²) in [5.74, 6) is -3.23. The van der Waals surface area contributed by atoms with E-state index in [1.165, 1.54) is 0 Å². The Morgan fingerprint density at radius 3 is 2.48 bits per heavy atom. The van der Waals surface area contributed by atoms with Crippen LogP contribution in [0.4, 0.5) is 8.78 Å². The van der Waals surface area contributed by atoms with Crippen LogP contribution in [0.3, 0.4) is 0 Å². The molecule has 0 bridgehead atoms. The highest BCUT2D eigenvalue weighted by Gasteiger charge is 2.40. The summed E-state index contributed by atoms with van der Waals surface area (Å²) >= 11 is 0. The Balaban J connectivity index is 2.27. The summed E-state index contributed by atoms with van der Waals surface area (Å²) < 4.78 is 49.8. The Morgan fingerprint density at radius 2 is 2.00 bits per heavy atom. The van der Waals surface area contributed by atoms with Crippen molar-refractivity contribution >= 4 is 15.9 Å². The Morgan fingerprint density at radius 1 is 1.38 bits per heavy atom. The molecule has 0 aromatic heterocycles. The number of primary sulfonamides is 1. The second kappa shape index (κ2) is 5.34. The third-order valence-electron chi connectivity index (χ3n) is 3.89. The molecule has 0 radical (unpaired) electrons. The second-order valence-corrected chi connectivity index (χ2v) is 6.88. The van der Waals surface area contributed by atoms with Gasteiger partial charge in [-0.2, -0.15) is 0 Å². The molecule has 1 aromatic carbocycles. The van der Waals surface area contributed by atoms with Crippen LogP contribution < -0.4 is 10.5 Å². The molecule has 1 aliphatic rings. The molecule has 2 rings (SSSR count). The van der Waals surface area contributed by atoms with Gasteiger partial charge in [0.25, 0.3) is 5.91 Å². The molecule has 3 N–H and O–H groups in total. The molecule has 1 saturated carbocycles. The largest absolute Gasteiger partial charge is 0.351 e. The van der Waals surface area contributed by atoms with Gasteiger partial charge in [0.1, 0.15) is 10.7 Å². The third-order valence-corrected chi connectivity index (χ3v) is 4.80. The molecule has 5 nitrogen and oxygen atoms in total. The van der Waals surface area contributed by atoms with E-state index in [1.54, 1.807) is 0 Å². The molecule has 116 valence electrons. The van der Waals surface area contributed by atoms with Gasteiger partial charge in [-0.05, 0) is 36.8 Å². The molecule has 8 heteroatoms. The topological polar surface area (TPSA) is 89.3 Å². The van der Waals surface area contributed by atoms with E-state index in [4.69, 9.17) is 5.14 Å². The Hall–Kier alpha value is -1.54. The molecule has 1 fully saturated rings. The normalized spacial score (nSPS) is 16.6. The van der Waals surface area contributed by atoms with Gasteiger partial charge in [-0.25, -0.2) is 22.3 Å². The molecule has 0 unspecified atom stereocenters. The molecule has 0 heterocycles. The van der Waals surface area contributed by atoms with Gasteiger partial charge in [0.05, 0.1) is 5.56 Å². The molecule has 0 spiro atoms. The van der Waals surface area contributed by atoms with Crippen molar-refractivity contribution in [1.29, 1.82) is 0 Å². The number of amides is 1. The minimum Gasteiger partial charge on any atom is -0.351 e. The van der Waals surface area contributed by atoms with Gasteiger partial charge in [0.15, 0.2) is 5.82 Å². The summed E-state index contributed by atoms with van der Waals surface area (Å²) in [5, 5.41) is 7.32. The SMILES string of the molecule is CCC1(CNC(=O)c2cc(F)cc(S(N)(=O)=O)c2F)CC1. The summed E-state index contributed by atoms with van der Waals surface area (Å²) in [4.78, 5) is 10.9. The number of benzene rings is 1. The van der Waals surface area contributed by atoms with E-state index < -0.39 is 38.0 Å². The lowest BCUT2D eigenvalue weighted by atomic mass is 10.0. The van der Waals surface area contributed by atoms with E-state index >= 15 is 0 Å². The summed E-state index contributed by atoms with van der Waals surface area (Å²) in [6, 6.07) is 1.11. The number of nitrogens with two attached hydrogens (primary N) is 1. The summed E-state index contributed by atoms with van der Waals surface area (Å²) in [6.45, 7) is 2.34. The molecule has 1 aromatic rings. The van der Waals surface area contributed by atoms with Gasteiger partial charge in [0, 0.05) is 6.54 Å². The van der Waals surface area contributed by atoms with Gasteiger partial charge >= 0.3 is 0 Å². The minimum atomic E-state index is -4.44. The van der Waals surface area contributed by atoms with Crippen molar-refractivity contribution < 1.29 is 22.0 Å². The first-order chi connectivity index (χ1) is 9.68. The highest BCUT2D eigenvalue weighted by molar-refractivity contribution is 7.89. The highest BCUT2D eigenvalue weighted by atomic mass is 32.2. The van der Waals surface area contributed by atoms with Crippen LogP contribution in [0.25, 0.3) is 0 Å². The molecule has 1 amide bonds. The standard InChI is InChI=1S/C13H16F2N2O3S/c1-2-13(3-4-13)7-17-12(18)9-5-8(14)6-10(11(9)15)21(16,19)20/h5-6H,2-4,7H2,1H3,(H,17,18)(H2,16,19,20). The fourth-order valence-electron chi connectivity index (χ4n) is 2.13. The number of rotatable bonds is 5. The van der Waals surface area contributed by atoms with E-state index in [-0.39, 0.29) is 5.41 Å². The maximum atomic E-state index is 14.0. The molecule has 0 saturated heterocycles. The summed E-state index contributed by atoms with van der Waals surface area (Å²) in [6.07, 6.45) is 2.82. The Kier molecular flexibility index (Phi) is 4.03. The van der Waals surface area contributed by atoms with Crippen LogP contribution in [0.2, 0.25) is 0 Å². The van der Waals surface area contributed by atoms with Gasteiger partial charge in [-0.1, -0.05) is 6.92 Å². The first-order valence-corrected chi connectivity index (χ1v) is 8.03. The summed E-state index contributed by atoms with van der Waals surface area (Å²) in [7, 11) is -4.44. The van der Waals surface area contributed by atoms with Crippen LogP contribution in [-0.2, 0) is 10.0 Å². The zero-order chi connectivity index (χ0) is 15.8. The van der Waals surface area contributed by atoms with Crippen molar-refractivity contribution in [3.63, 3.8) is 0 Å². The van der Waals surface area contributed by atoms with Crippen LogP contribution in [-0.4, -0.2) is 20.9 Å². The van der Waals surface area contributed by atoms with Crippen molar-refractivity contribution in [2.45, 2.75) is 31.1 Å². The average Bonchev–Trinajstić information content (AvgIpc) is 3.17. The molecule has 0 aliphatic heterocycles. The number of nitrogens with one attached hydrogen (secondary N) is 1. The predicted molar refractivity (Wildman–Crippen MR) is 72.0 cm³/mol. The van der Waals surface area contributed by atoms with Crippen molar-refractivity contribution in [3.8, 4) is 0 Å². The van der Waals surface area contributed by atoms with Crippen LogP contribution in [0.15, 0.2) is 17.0 Å². The van der Waals surface area contributed by atoms with Crippen molar-refractivity contribution in [2.75, 3.05) is 6.54 Å². The number of carbonyl (C=O) groups is 1. The van der Waals surface area contributed by atoms with Crippen LogP contribution in [0.5, 0.6) is 0 Å². The summed E-state index contributed by atoms with van der Waals surface area (Å²) in [5.41, 5.74) is -0.631. The highest BCUT2D eigenvalue weighted by Crippen LogP contribution is 2.47. The number of sulfonamides is 1. The number of hydrogen-bond acceptors (Lipinski definition) is 3. The third kappa shape index (κ3) is 3.38. The Bertz CT molecular complexity index is 685. The van der Waals surface area contributed by atoms with Gasteiger partial charge in [0.2, 0.25) is 10.0 Å². The first-order valence-electron chi connectivity index (χ1n) is 6.48. The number of halogens is 2. The number of carbonyl (C=O) groups excluding carboxylic acids is 1. The van der Waals surface area contributed by atoms with Gasteiger partial charge in [-0.3, -0.25) is 4.79 Å². The fraction of sp³-hybridized carbons (Fsp3) is 0.462. The zero-order valence-electron chi connectivity index (χ0n) is 11.4. The van der Waals surface area contributed by atoms with E-state index in [9.17, 15) is 22.0 Å². The monoisotopic (exact) mass is 318 g/mol. The lowest BCUT2D eigenvalue weighted by molar-refractivity contribution is 0.0939. The van der Waals surface area contributed by atoms with E-state index in [2.05, 4.69) is 5.32 Å². The predicted octanol–water partition coefficient (Wildman–Crippen LogP) is 1.53.